The number of para-hydroxylation sites is 1. The number of fused-ring (bicyclic) bond motifs is 1. The molecule has 1 N–H and O–H groups in total. The molecule has 0 spiro atoms. The molecule has 7 nitrogen and oxygen atoms in total. The number of rotatable bonds is 7. The maximum Gasteiger partial charge on any atom is 0.261 e. The number of benzene rings is 2. The minimum Gasteiger partial charge on any atom is -0.496 e. The molecule has 7 heteroatoms. The van der Waals surface area contributed by atoms with Crippen molar-refractivity contribution in [1.29, 1.82) is 0 Å². The van der Waals surface area contributed by atoms with Crippen molar-refractivity contribution >= 4 is 17.5 Å². The maximum absolute atomic E-state index is 12.9. The summed E-state index contributed by atoms with van der Waals surface area (Å²) in [6.45, 7) is 2.12. The molecule has 0 radical (unpaired) electrons. The van der Waals surface area contributed by atoms with Crippen molar-refractivity contribution in [2.75, 3.05) is 12.4 Å². The number of anilines is 1. The second-order valence-electron chi connectivity index (χ2n) is 6.88. The van der Waals surface area contributed by atoms with E-state index >= 15 is 0 Å². The van der Waals surface area contributed by atoms with E-state index in [2.05, 4.69) is 22.3 Å². The Kier molecular flexibility index (Phi) is 5.70. The van der Waals surface area contributed by atoms with Crippen LogP contribution in [0.5, 0.6) is 5.75 Å². The van der Waals surface area contributed by atoms with Gasteiger partial charge < -0.3 is 4.74 Å². The highest BCUT2D eigenvalue weighted by molar-refractivity contribution is 6.05. The summed E-state index contributed by atoms with van der Waals surface area (Å²) in [4.78, 5) is 22.3. The first-order chi connectivity index (χ1) is 14.7. The molecule has 2 aromatic carbocycles. The molecule has 4 rings (SSSR count). The molecule has 0 aliphatic carbocycles. The molecule has 2 aromatic heterocycles. The number of methoxy groups -OCH3 is 1. The van der Waals surface area contributed by atoms with Gasteiger partial charge in [0.2, 0.25) is 5.95 Å². The minimum absolute atomic E-state index is 0.314. The molecule has 0 fully saturated rings. The Bertz CT molecular complexity index is 1170. The molecule has 4 aromatic rings. The standard InChI is InChI=1S/C23H23N5O2/c1-3-4-14-20-25-21-18(16-10-6-5-7-11-16)15-24-28(21)23(26-20)27-22(29)17-12-8-9-13-19(17)30-2/h5-13,15H,3-4,14H2,1-2H3,(H,25,26,27,29). The third-order valence-corrected chi connectivity index (χ3v) is 4.83. The summed E-state index contributed by atoms with van der Waals surface area (Å²) in [7, 11) is 1.54. The fraction of sp³-hybridized carbons (Fsp3) is 0.217. The van der Waals surface area contributed by atoms with Crippen molar-refractivity contribution in [3.63, 3.8) is 0 Å². The molecule has 0 unspecified atom stereocenters. The zero-order chi connectivity index (χ0) is 20.9. The third-order valence-electron chi connectivity index (χ3n) is 4.83. The van der Waals surface area contributed by atoms with Crippen molar-refractivity contribution in [3.05, 3.63) is 72.2 Å². The van der Waals surface area contributed by atoms with Crippen LogP contribution in [0.2, 0.25) is 0 Å². The second kappa shape index (κ2) is 8.73. The molecule has 0 saturated heterocycles. The highest BCUT2D eigenvalue weighted by atomic mass is 16.5. The highest BCUT2D eigenvalue weighted by Gasteiger charge is 2.18. The lowest BCUT2D eigenvalue weighted by Crippen LogP contribution is -2.18. The molecular weight excluding hydrogens is 378 g/mol. The van der Waals surface area contributed by atoms with E-state index in [1.54, 1.807) is 28.9 Å². The van der Waals surface area contributed by atoms with Crippen molar-refractivity contribution in [3.8, 4) is 16.9 Å². The summed E-state index contributed by atoms with van der Waals surface area (Å²) in [5, 5.41) is 7.34. The van der Waals surface area contributed by atoms with E-state index in [0.29, 0.717) is 28.7 Å². The molecule has 30 heavy (non-hydrogen) atoms. The largest absolute Gasteiger partial charge is 0.496 e. The molecule has 2 heterocycles. The number of aromatic nitrogens is 4. The number of hydrogen-bond acceptors (Lipinski definition) is 5. The van der Waals surface area contributed by atoms with Crippen LogP contribution < -0.4 is 10.1 Å². The second-order valence-corrected chi connectivity index (χ2v) is 6.88. The number of hydrogen-bond donors (Lipinski definition) is 1. The SMILES string of the molecule is CCCCc1nc(NC(=O)c2ccccc2OC)n2ncc(-c3ccccc3)c2n1. The summed E-state index contributed by atoms with van der Waals surface area (Å²) in [6, 6.07) is 17.0. The minimum atomic E-state index is -0.314. The predicted molar refractivity (Wildman–Crippen MR) is 116 cm³/mol. The van der Waals surface area contributed by atoms with Crippen molar-refractivity contribution in [2.45, 2.75) is 26.2 Å². The average Bonchev–Trinajstić information content (AvgIpc) is 3.22. The van der Waals surface area contributed by atoms with Gasteiger partial charge in [0.25, 0.3) is 5.91 Å². The van der Waals surface area contributed by atoms with Gasteiger partial charge in [-0.15, -0.1) is 0 Å². The quantitative estimate of drug-likeness (QED) is 0.497. The van der Waals surface area contributed by atoms with Gasteiger partial charge >= 0.3 is 0 Å². The summed E-state index contributed by atoms with van der Waals surface area (Å²) >= 11 is 0. The summed E-state index contributed by atoms with van der Waals surface area (Å²) in [6.07, 6.45) is 4.47. The Hall–Kier alpha value is -3.74. The molecular formula is C23H23N5O2. The Morgan fingerprint density at radius 2 is 1.83 bits per heavy atom. The Labute approximate surface area is 174 Å². The van der Waals surface area contributed by atoms with Gasteiger partial charge in [0.05, 0.1) is 18.9 Å². The molecule has 0 aliphatic rings. The Morgan fingerprint density at radius 1 is 1.07 bits per heavy atom. The van der Waals surface area contributed by atoms with E-state index in [0.717, 1.165) is 30.4 Å². The fourth-order valence-electron chi connectivity index (χ4n) is 3.27. The third kappa shape index (κ3) is 3.87. The molecule has 1 amide bonds. The van der Waals surface area contributed by atoms with E-state index in [-0.39, 0.29) is 5.91 Å². The zero-order valence-corrected chi connectivity index (χ0v) is 17.0. The number of carbonyl (C=O) groups is 1. The average molecular weight is 401 g/mol. The number of nitrogens with zero attached hydrogens (tertiary/aromatic N) is 4. The van der Waals surface area contributed by atoms with Crippen LogP contribution in [0.1, 0.15) is 35.9 Å². The van der Waals surface area contributed by atoms with Gasteiger partial charge in [-0.05, 0) is 24.1 Å². The van der Waals surface area contributed by atoms with Crippen molar-refractivity contribution in [2.24, 2.45) is 0 Å². The van der Waals surface area contributed by atoms with E-state index in [4.69, 9.17) is 9.72 Å². The summed E-state index contributed by atoms with van der Waals surface area (Å²) in [5.74, 6) is 1.20. The molecule has 0 saturated carbocycles. The molecule has 0 bridgehead atoms. The van der Waals surface area contributed by atoms with Crippen LogP contribution in [-0.2, 0) is 6.42 Å². The first-order valence-electron chi connectivity index (χ1n) is 9.95. The van der Waals surface area contributed by atoms with Crippen LogP contribution >= 0.6 is 0 Å². The van der Waals surface area contributed by atoms with Gasteiger partial charge in [0.1, 0.15) is 11.6 Å². The van der Waals surface area contributed by atoms with Gasteiger partial charge in [-0.1, -0.05) is 55.8 Å². The highest BCUT2D eigenvalue weighted by Crippen LogP contribution is 2.25. The predicted octanol–water partition coefficient (Wildman–Crippen LogP) is 4.39. The van der Waals surface area contributed by atoms with Gasteiger partial charge in [-0.25, -0.2) is 4.98 Å². The van der Waals surface area contributed by atoms with Gasteiger partial charge in [0.15, 0.2) is 5.65 Å². The van der Waals surface area contributed by atoms with E-state index in [1.807, 2.05) is 36.4 Å². The van der Waals surface area contributed by atoms with Crippen LogP contribution in [0, 0.1) is 0 Å². The number of nitrogens with one attached hydrogen (secondary N) is 1. The lowest BCUT2D eigenvalue weighted by molar-refractivity contribution is 0.102. The van der Waals surface area contributed by atoms with E-state index < -0.39 is 0 Å². The Morgan fingerprint density at radius 3 is 2.60 bits per heavy atom. The van der Waals surface area contributed by atoms with Gasteiger partial charge in [-0.3, -0.25) is 10.1 Å². The number of carbonyl (C=O) groups excluding carboxylic acids is 1. The van der Waals surface area contributed by atoms with E-state index in [9.17, 15) is 4.79 Å². The molecule has 0 aliphatic heterocycles. The summed E-state index contributed by atoms with van der Waals surface area (Å²) < 4.78 is 6.89. The van der Waals surface area contributed by atoms with Crippen LogP contribution in [-0.4, -0.2) is 32.6 Å². The maximum atomic E-state index is 12.9. The van der Waals surface area contributed by atoms with Crippen LogP contribution in [0.3, 0.4) is 0 Å². The van der Waals surface area contributed by atoms with Crippen molar-refractivity contribution < 1.29 is 9.53 Å². The van der Waals surface area contributed by atoms with Crippen LogP contribution in [0.25, 0.3) is 16.8 Å². The van der Waals surface area contributed by atoms with Gasteiger partial charge in [-0.2, -0.15) is 14.6 Å². The topological polar surface area (TPSA) is 81.4 Å². The smallest absolute Gasteiger partial charge is 0.261 e. The Balaban J connectivity index is 1.78. The number of unbranched alkanes of at least 4 members (excludes halogenated alkanes) is 1. The lowest BCUT2D eigenvalue weighted by Gasteiger charge is -2.11. The zero-order valence-electron chi connectivity index (χ0n) is 17.0. The first-order valence-corrected chi connectivity index (χ1v) is 9.95. The molecule has 152 valence electrons. The van der Waals surface area contributed by atoms with Crippen molar-refractivity contribution in [1.82, 2.24) is 19.6 Å². The van der Waals surface area contributed by atoms with Crippen LogP contribution in [0.15, 0.2) is 60.8 Å². The number of ether oxygens (including phenoxy) is 1. The monoisotopic (exact) mass is 401 g/mol. The normalized spacial score (nSPS) is 10.9. The van der Waals surface area contributed by atoms with Crippen LogP contribution in [0.4, 0.5) is 5.95 Å². The number of amides is 1. The molecule has 0 atom stereocenters. The number of aryl methyl sites for hydroxylation is 1. The van der Waals surface area contributed by atoms with E-state index in [1.165, 1.54) is 7.11 Å². The lowest BCUT2D eigenvalue weighted by atomic mass is 10.1. The van der Waals surface area contributed by atoms with Gasteiger partial charge in [0, 0.05) is 12.0 Å². The first kappa shape index (κ1) is 19.6. The summed E-state index contributed by atoms with van der Waals surface area (Å²) in [5.41, 5.74) is 2.99. The fourth-order valence-corrected chi connectivity index (χ4v) is 3.27.